The van der Waals surface area contributed by atoms with Crippen LogP contribution in [0.25, 0.3) is 0 Å². The van der Waals surface area contributed by atoms with Gasteiger partial charge in [-0.2, -0.15) is 0 Å². The molecule has 1 radical (unpaired) electrons. The average Bonchev–Trinajstić information content (AvgIpc) is 1.90. The lowest BCUT2D eigenvalue weighted by atomic mass is 10.6. The molecule has 0 aromatic rings. The highest BCUT2D eigenvalue weighted by molar-refractivity contribution is 5.56. The predicted molar refractivity (Wildman–Crippen MR) is 28.6 cm³/mol. The Morgan fingerprint density at radius 1 is 1.57 bits per heavy atom. The lowest BCUT2D eigenvalue weighted by Gasteiger charge is -1.76. The van der Waals surface area contributed by atoms with Gasteiger partial charge in [0.25, 0.3) is 0 Å². The van der Waals surface area contributed by atoms with Crippen LogP contribution in [0.15, 0.2) is 23.3 Å². The minimum absolute atomic E-state index is 1.57. The number of hydrogen-bond acceptors (Lipinski definition) is 2. The summed E-state index contributed by atoms with van der Waals surface area (Å²) in [6.07, 6.45) is 9.55. The molecule has 0 spiro atoms. The van der Waals surface area contributed by atoms with Gasteiger partial charge in [0.2, 0.25) is 0 Å². The van der Waals surface area contributed by atoms with E-state index >= 15 is 0 Å². The topological polar surface area (TPSA) is 24.4 Å². The fraction of sp³-hybridized carbons (Fsp3) is 0. The van der Waals surface area contributed by atoms with Crippen LogP contribution in [0.3, 0.4) is 0 Å². The van der Waals surface area contributed by atoms with E-state index in [9.17, 15) is 0 Å². The Bertz CT molecular complexity index is 108. The third-order valence-electron chi connectivity index (χ3n) is 0.574. The van der Waals surface area contributed by atoms with Gasteiger partial charge < -0.3 is 5.32 Å². The summed E-state index contributed by atoms with van der Waals surface area (Å²) in [5, 5.41) is 2.69. The molecule has 0 saturated heterocycles. The van der Waals surface area contributed by atoms with Crippen LogP contribution >= 0.6 is 0 Å². The molecule has 7 heavy (non-hydrogen) atoms. The fourth-order valence-corrected chi connectivity index (χ4v) is 0.307. The van der Waals surface area contributed by atoms with Crippen molar-refractivity contribution in [3.8, 4) is 0 Å². The first-order valence-corrected chi connectivity index (χ1v) is 2.01. The molecule has 1 rings (SSSR count). The summed E-state index contributed by atoms with van der Waals surface area (Å²) < 4.78 is 0. The highest BCUT2D eigenvalue weighted by Crippen LogP contribution is 1.77. The van der Waals surface area contributed by atoms with Crippen molar-refractivity contribution in [3.63, 3.8) is 0 Å². The largest absolute Gasteiger partial charge is 0.345 e. The summed E-state index contributed by atoms with van der Waals surface area (Å²) in [4.78, 5) is 3.76. The SMILES string of the molecule is [C]1=CC=CN=CN1. The van der Waals surface area contributed by atoms with E-state index < -0.39 is 0 Å². The van der Waals surface area contributed by atoms with Crippen LogP contribution in [0.1, 0.15) is 0 Å². The zero-order chi connectivity index (χ0) is 4.95. The number of nitrogens with zero attached hydrogens (tertiary/aromatic N) is 1. The quantitative estimate of drug-likeness (QED) is 0.462. The van der Waals surface area contributed by atoms with Gasteiger partial charge in [-0.05, 0) is 12.2 Å². The van der Waals surface area contributed by atoms with Crippen molar-refractivity contribution >= 4 is 6.34 Å². The molecular weight excluding hydrogens is 88.1 g/mol. The molecule has 0 aromatic heterocycles. The standard InChI is InChI=1S/C5H5N2/c1-2-4-7-5-6-3-1/h1-3,5H,(H,6,7). The van der Waals surface area contributed by atoms with Crippen LogP contribution in [-0.4, -0.2) is 6.34 Å². The van der Waals surface area contributed by atoms with Gasteiger partial charge >= 0.3 is 0 Å². The van der Waals surface area contributed by atoms with Crippen molar-refractivity contribution in [2.45, 2.75) is 0 Å². The smallest absolute Gasteiger partial charge is 0.0923 e. The van der Waals surface area contributed by atoms with E-state index in [0.717, 1.165) is 0 Å². The van der Waals surface area contributed by atoms with Gasteiger partial charge in [-0.1, -0.05) is 0 Å². The van der Waals surface area contributed by atoms with Gasteiger partial charge in [0.1, 0.15) is 0 Å². The molecule has 2 heteroatoms. The molecule has 1 heterocycles. The summed E-state index contributed by atoms with van der Waals surface area (Å²) in [5.74, 6) is 0. The van der Waals surface area contributed by atoms with Gasteiger partial charge in [-0.3, -0.25) is 0 Å². The second-order valence-corrected chi connectivity index (χ2v) is 1.08. The van der Waals surface area contributed by atoms with E-state index in [0.29, 0.717) is 0 Å². The zero-order valence-electron chi connectivity index (χ0n) is 3.76. The summed E-state index contributed by atoms with van der Waals surface area (Å²) in [6, 6.07) is 0. The Morgan fingerprint density at radius 2 is 2.57 bits per heavy atom. The highest BCUT2D eigenvalue weighted by Gasteiger charge is 1.69. The number of allylic oxidation sites excluding steroid dienone is 2. The van der Waals surface area contributed by atoms with Crippen LogP contribution in [0.5, 0.6) is 0 Å². The van der Waals surface area contributed by atoms with E-state index in [1.54, 1.807) is 24.7 Å². The molecule has 0 fully saturated rings. The highest BCUT2D eigenvalue weighted by atomic mass is 14.9. The van der Waals surface area contributed by atoms with Crippen molar-refractivity contribution in [1.29, 1.82) is 0 Å². The number of aliphatic imine (C=N–C) groups is 1. The predicted octanol–water partition coefficient (Wildman–Crippen LogP) is 0.448. The average molecular weight is 93.1 g/mol. The van der Waals surface area contributed by atoms with Crippen molar-refractivity contribution in [3.05, 3.63) is 24.6 Å². The third kappa shape index (κ3) is 1.22. The summed E-state index contributed by atoms with van der Waals surface area (Å²) in [6.45, 7) is 0. The summed E-state index contributed by atoms with van der Waals surface area (Å²) in [7, 11) is 0. The van der Waals surface area contributed by atoms with E-state index in [1.807, 2.05) is 0 Å². The van der Waals surface area contributed by atoms with Crippen LogP contribution in [0.2, 0.25) is 0 Å². The molecule has 0 aliphatic carbocycles. The molecule has 1 aliphatic heterocycles. The first-order chi connectivity index (χ1) is 3.50. The molecule has 0 bridgehead atoms. The molecule has 0 unspecified atom stereocenters. The molecule has 2 nitrogen and oxygen atoms in total. The molecule has 35 valence electrons. The molecule has 0 aromatic carbocycles. The van der Waals surface area contributed by atoms with Gasteiger partial charge in [-0.25, -0.2) is 4.99 Å². The molecule has 0 atom stereocenters. The first kappa shape index (κ1) is 4.12. The van der Waals surface area contributed by atoms with Crippen molar-refractivity contribution < 1.29 is 0 Å². The Morgan fingerprint density at radius 3 is 3.57 bits per heavy atom. The maximum absolute atomic E-state index is 3.76. The third-order valence-corrected chi connectivity index (χ3v) is 0.574. The van der Waals surface area contributed by atoms with E-state index in [-0.39, 0.29) is 0 Å². The molecule has 1 aliphatic rings. The fourth-order valence-electron chi connectivity index (χ4n) is 0.307. The van der Waals surface area contributed by atoms with E-state index in [2.05, 4.69) is 16.5 Å². The molecule has 0 saturated carbocycles. The van der Waals surface area contributed by atoms with Gasteiger partial charge in [-0.15, -0.1) is 0 Å². The van der Waals surface area contributed by atoms with Crippen LogP contribution in [0.4, 0.5) is 0 Å². The molecule has 1 N–H and O–H groups in total. The monoisotopic (exact) mass is 93.0 g/mol. The number of rotatable bonds is 0. The minimum atomic E-state index is 1.57. The molecule has 0 amide bonds. The van der Waals surface area contributed by atoms with Crippen molar-refractivity contribution in [2.75, 3.05) is 0 Å². The lowest BCUT2D eigenvalue weighted by Crippen LogP contribution is -1.98. The lowest BCUT2D eigenvalue weighted by molar-refractivity contribution is 1.27. The zero-order valence-corrected chi connectivity index (χ0v) is 3.76. The maximum atomic E-state index is 3.76. The number of hydrogen-bond donors (Lipinski definition) is 1. The van der Waals surface area contributed by atoms with Crippen molar-refractivity contribution in [2.24, 2.45) is 4.99 Å². The van der Waals surface area contributed by atoms with Gasteiger partial charge in [0.15, 0.2) is 0 Å². The van der Waals surface area contributed by atoms with Crippen LogP contribution < -0.4 is 5.32 Å². The number of nitrogens with one attached hydrogen (secondary N) is 1. The Hall–Kier alpha value is -1.05. The van der Waals surface area contributed by atoms with Crippen LogP contribution in [-0.2, 0) is 0 Å². The molecular formula is C5H5N2. The van der Waals surface area contributed by atoms with Crippen molar-refractivity contribution in [1.82, 2.24) is 5.32 Å². The summed E-state index contributed by atoms with van der Waals surface area (Å²) in [5.41, 5.74) is 0. The Kier molecular flexibility index (Phi) is 1.28. The Balaban J connectivity index is 2.60. The summed E-state index contributed by atoms with van der Waals surface area (Å²) >= 11 is 0. The first-order valence-electron chi connectivity index (χ1n) is 2.01. The minimum Gasteiger partial charge on any atom is -0.345 e. The normalized spacial score (nSPS) is 16.0. The second kappa shape index (κ2) is 2.18. The van der Waals surface area contributed by atoms with E-state index in [4.69, 9.17) is 0 Å². The van der Waals surface area contributed by atoms with Gasteiger partial charge in [0, 0.05) is 6.20 Å². The van der Waals surface area contributed by atoms with Crippen LogP contribution in [0, 0.1) is 6.20 Å². The van der Waals surface area contributed by atoms with Gasteiger partial charge in [0.05, 0.1) is 12.5 Å². The Labute approximate surface area is 42.3 Å². The maximum Gasteiger partial charge on any atom is 0.0923 e. The second-order valence-electron chi connectivity index (χ2n) is 1.08. The van der Waals surface area contributed by atoms with E-state index in [1.165, 1.54) is 0 Å².